The quantitative estimate of drug-likeness (QED) is 0.257. The maximum atomic E-state index is 13.4. The molecule has 4 rings (SSSR count). The third-order valence-corrected chi connectivity index (χ3v) is 10.5. The number of carbonyl (C=O) groups excluding carboxylic acids is 2. The molecule has 41 heavy (non-hydrogen) atoms. The minimum atomic E-state index is -2.63. The highest BCUT2D eigenvalue weighted by atomic mass is 28.4. The molecule has 4 atom stereocenters. The normalized spacial score (nSPS) is 20.5. The van der Waals surface area contributed by atoms with Crippen LogP contribution in [0.4, 0.5) is 5.69 Å². The summed E-state index contributed by atoms with van der Waals surface area (Å²) in [6.45, 7) is 6.55. The third kappa shape index (κ3) is 8.36. The number of rotatable bonds is 12. The lowest BCUT2D eigenvalue weighted by atomic mass is 9.95. The molecule has 1 aliphatic rings. The van der Waals surface area contributed by atoms with Crippen molar-refractivity contribution in [3.05, 3.63) is 102 Å². The lowest BCUT2D eigenvalue weighted by Gasteiger charge is -2.31. The van der Waals surface area contributed by atoms with Crippen molar-refractivity contribution in [2.45, 2.75) is 63.6 Å². The summed E-state index contributed by atoms with van der Waals surface area (Å²) in [4.78, 5) is 38.7. The van der Waals surface area contributed by atoms with E-state index in [-0.39, 0.29) is 55.1 Å². The molecule has 0 radical (unpaired) electrons. The average molecular weight is 575 g/mol. The number of ether oxygens (including phenoxy) is 1. The number of nitrogens with one attached hydrogen (secondary N) is 1. The van der Waals surface area contributed by atoms with Crippen molar-refractivity contribution in [3.8, 4) is 0 Å². The van der Waals surface area contributed by atoms with E-state index in [0.717, 1.165) is 29.7 Å². The van der Waals surface area contributed by atoms with Crippen molar-refractivity contribution in [3.63, 3.8) is 0 Å². The summed E-state index contributed by atoms with van der Waals surface area (Å²) >= 11 is 0. The molecule has 7 nitrogen and oxygen atoms in total. The first-order valence-electron chi connectivity index (χ1n) is 14.4. The van der Waals surface area contributed by atoms with Gasteiger partial charge in [-0.1, -0.05) is 67.6 Å². The van der Waals surface area contributed by atoms with Gasteiger partial charge in [0.15, 0.2) is 8.32 Å². The summed E-state index contributed by atoms with van der Waals surface area (Å²) in [5, 5.41) is 12.5. The molecule has 2 amide bonds. The molecule has 218 valence electrons. The standard InChI is InChI=1S/C33H42N2O5Si/c1-24-29(19-16-25-14-17-28(18-15-25)34-33(38)27-12-8-5-9-13-27)40-30(32(24)41(2,3)39)22-31(37)35(20-21-36)23-26-10-6-4-7-11-26/h4-15,17-18,24,29-30,32,36,39H,16,19-23H2,1-3H3,(H,34,38)/t24-,29+,30-,32+/m0/s1. The van der Waals surface area contributed by atoms with Gasteiger partial charge in [0.05, 0.1) is 25.2 Å². The summed E-state index contributed by atoms with van der Waals surface area (Å²) in [5.41, 5.74) is 3.42. The fraction of sp³-hybridized carbons (Fsp3) is 0.394. The van der Waals surface area contributed by atoms with E-state index >= 15 is 0 Å². The molecule has 0 aromatic heterocycles. The minimum Gasteiger partial charge on any atom is -0.432 e. The van der Waals surface area contributed by atoms with Crippen molar-refractivity contribution in [1.29, 1.82) is 0 Å². The molecule has 3 aromatic carbocycles. The average Bonchev–Trinajstić information content (AvgIpc) is 3.28. The molecule has 1 saturated heterocycles. The minimum absolute atomic E-state index is 0.0697. The van der Waals surface area contributed by atoms with E-state index in [1.54, 1.807) is 17.0 Å². The van der Waals surface area contributed by atoms with E-state index in [0.29, 0.717) is 12.1 Å². The van der Waals surface area contributed by atoms with Gasteiger partial charge in [0, 0.05) is 29.9 Å². The van der Waals surface area contributed by atoms with E-state index in [1.807, 2.05) is 85.9 Å². The van der Waals surface area contributed by atoms with Crippen molar-refractivity contribution < 1.29 is 24.2 Å². The predicted octanol–water partition coefficient (Wildman–Crippen LogP) is 5.25. The second-order valence-corrected chi connectivity index (χ2v) is 15.5. The summed E-state index contributed by atoms with van der Waals surface area (Å²) < 4.78 is 6.52. The Kier molecular flexibility index (Phi) is 10.5. The Labute approximate surface area is 244 Å². The number of aliphatic hydroxyl groups excluding tert-OH is 1. The first-order valence-corrected chi connectivity index (χ1v) is 17.4. The molecule has 0 unspecified atom stereocenters. The Morgan fingerprint density at radius 3 is 2.15 bits per heavy atom. The molecule has 8 heteroatoms. The van der Waals surface area contributed by atoms with Gasteiger partial charge in [-0.3, -0.25) is 9.59 Å². The second kappa shape index (κ2) is 14.0. The number of aryl methyl sites for hydroxylation is 1. The highest BCUT2D eigenvalue weighted by molar-refractivity contribution is 6.71. The smallest absolute Gasteiger partial charge is 0.255 e. The molecule has 1 aliphatic heterocycles. The number of carbonyl (C=O) groups is 2. The van der Waals surface area contributed by atoms with Crippen LogP contribution < -0.4 is 5.32 Å². The number of aliphatic hydroxyl groups is 1. The van der Waals surface area contributed by atoms with E-state index in [4.69, 9.17) is 4.74 Å². The Balaban J connectivity index is 1.37. The Morgan fingerprint density at radius 2 is 1.54 bits per heavy atom. The van der Waals surface area contributed by atoms with E-state index in [9.17, 15) is 19.5 Å². The number of amides is 2. The molecule has 3 aromatic rings. The van der Waals surface area contributed by atoms with Gasteiger partial charge < -0.3 is 24.9 Å². The molecule has 1 heterocycles. The van der Waals surface area contributed by atoms with Crippen molar-refractivity contribution in [2.24, 2.45) is 5.92 Å². The van der Waals surface area contributed by atoms with E-state index in [1.165, 1.54) is 0 Å². The molecule has 0 bridgehead atoms. The van der Waals surface area contributed by atoms with Crippen LogP contribution in [0.25, 0.3) is 0 Å². The first kappa shape index (κ1) is 30.7. The van der Waals surface area contributed by atoms with Crippen LogP contribution in [0.1, 0.15) is 41.3 Å². The van der Waals surface area contributed by atoms with Crippen molar-refractivity contribution in [1.82, 2.24) is 4.90 Å². The van der Waals surface area contributed by atoms with E-state index in [2.05, 4.69) is 12.2 Å². The zero-order chi connectivity index (χ0) is 29.4. The molecular weight excluding hydrogens is 532 g/mol. The van der Waals surface area contributed by atoms with Crippen LogP contribution in [0.3, 0.4) is 0 Å². The number of hydrogen-bond acceptors (Lipinski definition) is 5. The maximum Gasteiger partial charge on any atom is 0.255 e. The Hall–Kier alpha value is -3.30. The zero-order valence-electron chi connectivity index (χ0n) is 24.2. The monoisotopic (exact) mass is 574 g/mol. The molecule has 0 spiro atoms. The zero-order valence-corrected chi connectivity index (χ0v) is 25.2. The first-order chi connectivity index (χ1) is 19.7. The van der Waals surface area contributed by atoms with Gasteiger partial charge in [-0.2, -0.15) is 0 Å². The van der Waals surface area contributed by atoms with Crippen molar-refractivity contribution in [2.75, 3.05) is 18.5 Å². The number of hydrogen-bond donors (Lipinski definition) is 3. The van der Waals surface area contributed by atoms with Crippen LogP contribution >= 0.6 is 0 Å². The molecular formula is C33H42N2O5Si. The summed E-state index contributed by atoms with van der Waals surface area (Å²) in [5.74, 6) is -0.100. The van der Waals surface area contributed by atoms with Crippen LogP contribution in [-0.2, 0) is 22.5 Å². The highest BCUT2D eigenvalue weighted by Crippen LogP contribution is 2.45. The van der Waals surface area contributed by atoms with Gasteiger partial charge in [-0.25, -0.2) is 0 Å². The third-order valence-electron chi connectivity index (χ3n) is 8.00. The van der Waals surface area contributed by atoms with Crippen molar-refractivity contribution >= 4 is 25.8 Å². The van der Waals surface area contributed by atoms with Gasteiger partial charge in [-0.05, 0) is 67.2 Å². The Morgan fingerprint density at radius 1 is 0.902 bits per heavy atom. The van der Waals surface area contributed by atoms with E-state index < -0.39 is 8.32 Å². The summed E-state index contributed by atoms with van der Waals surface area (Å²) in [6.07, 6.45) is 1.31. The van der Waals surface area contributed by atoms with Gasteiger partial charge in [-0.15, -0.1) is 0 Å². The largest absolute Gasteiger partial charge is 0.432 e. The van der Waals surface area contributed by atoms with Gasteiger partial charge in [0.25, 0.3) is 5.91 Å². The molecule has 1 fully saturated rings. The fourth-order valence-corrected chi connectivity index (χ4v) is 8.59. The van der Waals surface area contributed by atoms with Crippen LogP contribution in [-0.4, -0.2) is 60.3 Å². The lowest BCUT2D eigenvalue weighted by molar-refractivity contribution is -0.135. The number of anilines is 1. The SMILES string of the molecule is C[C@@H]1[C@@H]([Si](C)(C)O)[C@H](CC(=O)N(CCO)Cc2ccccc2)O[C@@H]1CCc1ccc(NC(=O)c2ccccc2)cc1. The molecule has 3 N–H and O–H groups in total. The maximum absolute atomic E-state index is 13.4. The fourth-order valence-electron chi connectivity index (χ4n) is 5.98. The second-order valence-electron chi connectivity index (χ2n) is 11.5. The lowest BCUT2D eigenvalue weighted by Crippen LogP contribution is -2.42. The van der Waals surface area contributed by atoms with Gasteiger partial charge in [0.2, 0.25) is 5.91 Å². The number of nitrogens with zero attached hydrogens (tertiary/aromatic N) is 1. The molecule has 0 saturated carbocycles. The summed E-state index contributed by atoms with van der Waals surface area (Å²) in [7, 11) is -2.63. The highest BCUT2D eigenvalue weighted by Gasteiger charge is 2.50. The number of benzene rings is 3. The van der Waals surface area contributed by atoms with Gasteiger partial charge >= 0.3 is 0 Å². The predicted molar refractivity (Wildman–Crippen MR) is 164 cm³/mol. The van der Waals surface area contributed by atoms with Crippen LogP contribution in [0.2, 0.25) is 18.6 Å². The topological polar surface area (TPSA) is 99.1 Å². The van der Waals surface area contributed by atoms with Crippen LogP contribution in [0.5, 0.6) is 0 Å². The van der Waals surface area contributed by atoms with Crippen LogP contribution in [0, 0.1) is 5.92 Å². The Bertz CT molecular complexity index is 1260. The molecule has 0 aliphatic carbocycles. The summed E-state index contributed by atoms with van der Waals surface area (Å²) in [6, 6.07) is 26.7. The van der Waals surface area contributed by atoms with Crippen LogP contribution in [0.15, 0.2) is 84.9 Å². The van der Waals surface area contributed by atoms with Gasteiger partial charge in [0.1, 0.15) is 0 Å².